The average Bonchev–Trinajstić information content (AvgIpc) is 2.32. The molecule has 0 radical (unpaired) electrons. The zero-order chi connectivity index (χ0) is 11.7. The van der Waals surface area contributed by atoms with Gasteiger partial charge in [0.1, 0.15) is 0 Å². The molecule has 0 aliphatic carbocycles. The van der Waals surface area contributed by atoms with Crippen molar-refractivity contribution in [3.05, 3.63) is 24.3 Å². The Morgan fingerprint density at radius 2 is 1.73 bits per heavy atom. The van der Waals surface area contributed by atoms with Crippen LogP contribution in [0.15, 0.2) is 24.3 Å². The van der Waals surface area contributed by atoms with Crippen LogP contribution >= 0.6 is 0 Å². The lowest BCUT2D eigenvalue weighted by Gasteiger charge is -2.32. The molecule has 1 rings (SSSR count). The highest BCUT2D eigenvalue weighted by Crippen LogP contribution is 2.38. The van der Waals surface area contributed by atoms with E-state index in [2.05, 4.69) is 12.0 Å². The fourth-order valence-corrected chi connectivity index (χ4v) is 1.30. The molecule has 1 heterocycles. The molecule has 3 N–H and O–H groups in total. The Morgan fingerprint density at radius 1 is 1.27 bits per heavy atom. The summed E-state index contributed by atoms with van der Waals surface area (Å²) in [5.41, 5.74) is 2.57. The third-order valence-electron chi connectivity index (χ3n) is 3.01. The van der Waals surface area contributed by atoms with Crippen molar-refractivity contribution in [1.29, 1.82) is 0 Å². The maximum absolute atomic E-state index is 5.81. The van der Waals surface area contributed by atoms with Crippen molar-refractivity contribution in [2.45, 2.75) is 38.9 Å². The highest BCUT2D eigenvalue weighted by molar-refractivity contribution is 6.55. The van der Waals surface area contributed by atoms with E-state index in [9.17, 15) is 0 Å². The molecule has 1 fully saturated rings. The van der Waals surface area contributed by atoms with Crippen LogP contribution in [0.1, 0.15) is 27.7 Å². The number of hydrogen-bond acceptors (Lipinski definition) is 4. The van der Waals surface area contributed by atoms with Crippen LogP contribution in [-0.4, -0.2) is 18.3 Å². The van der Waals surface area contributed by atoms with E-state index in [1.807, 2.05) is 27.7 Å². The molecule has 1 saturated heterocycles. The first kappa shape index (κ1) is 12.3. The van der Waals surface area contributed by atoms with Gasteiger partial charge in [-0.25, -0.2) is 0 Å². The summed E-state index contributed by atoms with van der Waals surface area (Å²) in [7, 11) is -0.413. The van der Waals surface area contributed by atoms with Gasteiger partial charge in [0, 0.05) is 6.20 Å². The number of hydrazine groups is 1. The summed E-state index contributed by atoms with van der Waals surface area (Å²) < 4.78 is 11.6. The molecule has 0 atom stereocenters. The van der Waals surface area contributed by atoms with E-state index in [0.717, 1.165) is 5.47 Å². The van der Waals surface area contributed by atoms with Crippen molar-refractivity contribution < 1.29 is 9.31 Å². The lowest BCUT2D eigenvalue weighted by atomic mass is 9.79. The predicted octanol–water partition coefficient (Wildman–Crippen LogP) is 1.15. The number of hydrogen-bond donors (Lipinski definition) is 2. The van der Waals surface area contributed by atoms with Gasteiger partial charge in [0.25, 0.3) is 0 Å². The van der Waals surface area contributed by atoms with Gasteiger partial charge < -0.3 is 14.7 Å². The first-order valence-electron chi connectivity index (χ1n) is 4.98. The Bertz CT molecular complexity index is 271. The largest absolute Gasteiger partial charge is 0.496 e. The van der Waals surface area contributed by atoms with Crippen molar-refractivity contribution in [2.24, 2.45) is 5.84 Å². The fourth-order valence-electron chi connectivity index (χ4n) is 1.30. The molecule has 0 unspecified atom stereocenters. The summed E-state index contributed by atoms with van der Waals surface area (Å²) in [5, 5.41) is 0. The Morgan fingerprint density at radius 3 is 2.07 bits per heavy atom. The van der Waals surface area contributed by atoms with Crippen LogP contribution in [0, 0.1) is 0 Å². The summed E-state index contributed by atoms with van der Waals surface area (Å²) >= 11 is 0. The molecular formula is C10H19BN2O2. The number of nitrogens with one attached hydrogen (secondary N) is 1. The zero-order valence-electron chi connectivity index (χ0n) is 9.83. The molecule has 1 aliphatic heterocycles. The smallest absolute Gasteiger partial charge is 0.399 e. The van der Waals surface area contributed by atoms with E-state index in [0.29, 0.717) is 0 Å². The van der Waals surface area contributed by atoms with E-state index in [-0.39, 0.29) is 11.2 Å². The number of rotatable bonds is 3. The van der Waals surface area contributed by atoms with Gasteiger partial charge in [0.15, 0.2) is 0 Å². The van der Waals surface area contributed by atoms with Gasteiger partial charge in [-0.05, 0) is 33.2 Å². The quantitative estimate of drug-likeness (QED) is 0.317. The van der Waals surface area contributed by atoms with Crippen LogP contribution < -0.4 is 11.3 Å². The van der Waals surface area contributed by atoms with Crippen molar-refractivity contribution in [3.63, 3.8) is 0 Å². The van der Waals surface area contributed by atoms with E-state index < -0.39 is 7.12 Å². The van der Waals surface area contributed by atoms with Crippen molar-refractivity contribution >= 4 is 7.12 Å². The summed E-state index contributed by atoms with van der Waals surface area (Å²) in [4.78, 5) is 0. The van der Waals surface area contributed by atoms with E-state index in [1.165, 1.54) is 0 Å². The molecule has 0 saturated carbocycles. The van der Waals surface area contributed by atoms with Gasteiger partial charge >= 0.3 is 7.12 Å². The molecule has 1 aliphatic rings. The van der Waals surface area contributed by atoms with Crippen molar-refractivity contribution in [3.8, 4) is 0 Å². The average molecular weight is 210 g/mol. The second-order valence-corrected chi connectivity index (χ2v) is 4.60. The van der Waals surface area contributed by atoms with Crippen molar-refractivity contribution in [2.75, 3.05) is 0 Å². The fraction of sp³-hybridized carbons (Fsp3) is 0.600. The zero-order valence-corrected chi connectivity index (χ0v) is 9.83. The second-order valence-electron chi connectivity index (χ2n) is 4.60. The summed E-state index contributed by atoms with van der Waals surface area (Å²) in [6.45, 7) is 11.7. The maximum Gasteiger partial charge on any atom is 0.496 e. The highest BCUT2D eigenvalue weighted by atomic mass is 16.7. The molecule has 84 valence electrons. The summed E-state index contributed by atoms with van der Waals surface area (Å²) in [6.07, 6.45) is 3.29. The van der Waals surface area contributed by atoms with Crippen LogP contribution in [0.25, 0.3) is 0 Å². The molecule has 0 aromatic rings. The molecule has 0 amide bonds. The van der Waals surface area contributed by atoms with Gasteiger partial charge in [-0.1, -0.05) is 12.7 Å². The van der Waals surface area contributed by atoms with E-state index in [4.69, 9.17) is 15.2 Å². The maximum atomic E-state index is 5.81. The van der Waals surface area contributed by atoms with Gasteiger partial charge in [0.2, 0.25) is 0 Å². The Labute approximate surface area is 91.6 Å². The molecular weight excluding hydrogens is 191 g/mol. The Balaban J connectivity index is 2.86. The SMILES string of the molecule is C=C/C(=C\NN)B1OC(C)(C)C(C)(C)O1. The highest BCUT2D eigenvalue weighted by Gasteiger charge is 2.51. The van der Waals surface area contributed by atoms with Crippen LogP contribution in [0.3, 0.4) is 0 Å². The van der Waals surface area contributed by atoms with Gasteiger partial charge in [-0.2, -0.15) is 0 Å². The first-order chi connectivity index (χ1) is 6.84. The first-order valence-corrected chi connectivity index (χ1v) is 4.98. The molecule has 4 nitrogen and oxygen atoms in total. The normalized spacial score (nSPS) is 24.1. The van der Waals surface area contributed by atoms with E-state index in [1.54, 1.807) is 12.3 Å². The lowest BCUT2D eigenvalue weighted by molar-refractivity contribution is 0.00578. The van der Waals surface area contributed by atoms with Gasteiger partial charge in [0.05, 0.1) is 11.2 Å². The standard InChI is InChI=1S/C10H19BN2O2/c1-6-8(7-13-12)11-14-9(2,3)10(4,5)15-11/h6-7,13H,1,12H2,2-5H3/b8-7+. The molecule has 0 aromatic carbocycles. The third kappa shape index (κ3) is 2.25. The molecule has 0 bridgehead atoms. The van der Waals surface area contributed by atoms with Crippen molar-refractivity contribution in [1.82, 2.24) is 5.43 Å². The molecule has 0 aromatic heterocycles. The monoisotopic (exact) mass is 210 g/mol. The van der Waals surface area contributed by atoms with Crippen LogP contribution in [0.5, 0.6) is 0 Å². The summed E-state index contributed by atoms with van der Waals surface area (Å²) in [6, 6.07) is 0. The third-order valence-corrected chi connectivity index (χ3v) is 3.01. The van der Waals surface area contributed by atoms with Crippen LogP contribution in [0.2, 0.25) is 0 Å². The number of nitrogens with two attached hydrogens (primary N) is 1. The van der Waals surface area contributed by atoms with Gasteiger partial charge in [-0.3, -0.25) is 5.84 Å². The van der Waals surface area contributed by atoms with E-state index >= 15 is 0 Å². The second kappa shape index (κ2) is 4.00. The molecule has 5 heteroatoms. The topological polar surface area (TPSA) is 56.5 Å². The summed E-state index contributed by atoms with van der Waals surface area (Å²) in [5.74, 6) is 5.22. The minimum absolute atomic E-state index is 0.339. The van der Waals surface area contributed by atoms with Crippen LogP contribution in [-0.2, 0) is 9.31 Å². The van der Waals surface area contributed by atoms with Gasteiger partial charge in [-0.15, -0.1) is 0 Å². The Kier molecular flexibility index (Phi) is 3.28. The molecule has 15 heavy (non-hydrogen) atoms. The Hall–Kier alpha value is -0.775. The minimum atomic E-state index is -0.413. The minimum Gasteiger partial charge on any atom is -0.399 e. The lowest BCUT2D eigenvalue weighted by Crippen LogP contribution is -2.41. The van der Waals surface area contributed by atoms with Crippen LogP contribution in [0.4, 0.5) is 0 Å². The number of allylic oxidation sites excluding steroid dienone is 2. The molecule has 0 spiro atoms. The predicted molar refractivity (Wildman–Crippen MR) is 61.7 cm³/mol.